The Kier molecular flexibility index (Phi) is 4.63. The first-order valence-corrected chi connectivity index (χ1v) is 5.60. The molecule has 0 saturated carbocycles. The second kappa shape index (κ2) is 5.76. The molecule has 0 bridgehead atoms. The molecule has 0 radical (unpaired) electrons. The molecule has 0 fully saturated rings. The van der Waals surface area contributed by atoms with E-state index in [2.05, 4.69) is 6.92 Å². The van der Waals surface area contributed by atoms with E-state index in [4.69, 9.17) is 4.74 Å². The summed E-state index contributed by atoms with van der Waals surface area (Å²) < 4.78 is 5.49. The fraction of sp³-hybridized carbons (Fsp3) is 0.538. The van der Waals surface area contributed by atoms with Crippen LogP contribution in [0.2, 0.25) is 0 Å². The van der Waals surface area contributed by atoms with Gasteiger partial charge >= 0.3 is 0 Å². The van der Waals surface area contributed by atoms with Crippen LogP contribution in [0, 0.1) is 5.92 Å². The Balaban J connectivity index is 2.91. The zero-order valence-corrected chi connectivity index (χ0v) is 9.73. The van der Waals surface area contributed by atoms with Crippen LogP contribution in [0.4, 0.5) is 0 Å². The highest BCUT2D eigenvalue weighted by atomic mass is 16.5. The van der Waals surface area contributed by atoms with Crippen molar-refractivity contribution < 1.29 is 9.84 Å². The van der Waals surface area contributed by atoms with E-state index in [9.17, 15) is 5.11 Å². The molecule has 0 spiro atoms. The summed E-state index contributed by atoms with van der Waals surface area (Å²) in [6.07, 6.45) is 0.527. The molecule has 2 heteroatoms. The van der Waals surface area contributed by atoms with Crippen molar-refractivity contribution in [3.05, 3.63) is 29.8 Å². The molecule has 0 aliphatic rings. The van der Waals surface area contributed by atoms with Crippen LogP contribution in [0.15, 0.2) is 24.3 Å². The zero-order valence-electron chi connectivity index (χ0n) is 9.73. The molecule has 1 rings (SSSR count). The van der Waals surface area contributed by atoms with Gasteiger partial charge in [0.25, 0.3) is 0 Å². The van der Waals surface area contributed by atoms with Crippen molar-refractivity contribution in [2.75, 3.05) is 6.61 Å². The first-order chi connectivity index (χ1) is 7.20. The summed E-state index contributed by atoms with van der Waals surface area (Å²) in [5.41, 5.74) is 0.897. The molecule has 1 aromatic rings. The highest BCUT2D eigenvalue weighted by molar-refractivity contribution is 5.35. The Hall–Kier alpha value is -1.02. The van der Waals surface area contributed by atoms with Crippen molar-refractivity contribution in [2.45, 2.75) is 33.3 Å². The van der Waals surface area contributed by atoms with Gasteiger partial charge in [-0.2, -0.15) is 0 Å². The number of aliphatic hydroxyl groups excluding tert-OH is 1. The summed E-state index contributed by atoms with van der Waals surface area (Å²) in [7, 11) is 0. The van der Waals surface area contributed by atoms with Gasteiger partial charge < -0.3 is 9.84 Å². The van der Waals surface area contributed by atoms with E-state index in [1.807, 2.05) is 38.1 Å². The number of aliphatic hydroxyl groups is 1. The molecule has 0 aliphatic carbocycles. The van der Waals surface area contributed by atoms with E-state index in [0.29, 0.717) is 6.61 Å². The molecule has 2 unspecified atom stereocenters. The second-order valence-electron chi connectivity index (χ2n) is 3.80. The third-order valence-electron chi connectivity index (χ3n) is 2.72. The lowest BCUT2D eigenvalue weighted by molar-refractivity contribution is 0.111. The molecule has 15 heavy (non-hydrogen) atoms. The lowest BCUT2D eigenvalue weighted by atomic mass is 9.95. The molecule has 2 atom stereocenters. The standard InChI is InChI=1S/C13H20O2/c1-4-10(3)13(14)11-8-6-7-9-12(11)15-5-2/h6-10,13-14H,4-5H2,1-3H3. The molecular weight excluding hydrogens is 188 g/mol. The fourth-order valence-corrected chi connectivity index (χ4v) is 1.54. The monoisotopic (exact) mass is 208 g/mol. The Morgan fingerprint density at radius 2 is 1.93 bits per heavy atom. The lowest BCUT2D eigenvalue weighted by Crippen LogP contribution is -2.10. The number of rotatable bonds is 5. The van der Waals surface area contributed by atoms with Gasteiger partial charge in [-0.15, -0.1) is 0 Å². The van der Waals surface area contributed by atoms with Crippen LogP contribution >= 0.6 is 0 Å². The van der Waals surface area contributed by atoms with Crippen LogP contribution in [-0.4, -0.2) is 11.7 Å². The molecule has 1 N–H and O–H groups in total. The van der Waals surface area contributed by atoms with E-state index in [1.54, 1.807) is 0 Å². The maximum atomic E-state index is 10.1. The largest absolute Gasteiger partial charge is 0.493 e. The Morgan fingerprint density at radius 1 is 1.27 bits per heavy atom. The van der Waals surface area contributed by atoms with E-state index in [1.165, 1.54) is 0 Å². The van der Waals surface area contributed by atoms with Crippen LogP contribution in [0.25, 0.3) is 0 Å². The molecule has 0 amide bonds. The highest BCUT2D eigenvalue weighted by Gasteiger charge is 2.18. The van der Waals surface area contributed by atoms with Gasteiger partial charge in [0.1, 0.15) is 5.75 Å². The predicted octanol–water partition coefficient (Wildman–Crippen LogP) is 3.16. The van der Waals surface area contributed by atoms with Crippen molar-refractivity contribution >= 4 is 0 Å². The van der Waals surface area contributed by atoms with Crippen molar-refractivity contribution in [2.24, 2.45) is 5.92 Å². The second-order valence-corrected chi connectivity index (χ2v) is 3.80. The smallest absolute Gasteiger partial charge is 0.125 e. The molecule has 2 nitrogen and oxygen atoms in total. The van der Waals surface area contributed by atoms with Crippen molar-refractivity contribution in [1.29, 1.82) is 0 Å². The number of ether oxygens (including phenoxy) is 1. The van der Waals surface area contributed by atoms with Crippen molar-refractivity contribution in [3.8, 4) is 5.75 Å². The van der Waals surface area contributed by atoms with Crippen LogP contribution in [0.1, 0.15) is 38.9 Å². The van der Waals surface area contributed by atoms with Gasteiger partial charge in [0, 0.05) is 5.56 Å². The van der Waals surface area contributed by atoms with Gasteiger partial charge in [-0.1, -0.05) is 38.5 Å². The van der Waals surface area contributed by atoms with Crippen LogP contribution < -0.4 is 4.74 Å². The average molecular weight is 208 g/mol. The highest BCUT2D eigenvalue weighted by Crippen LogP contribution is 2.31. The van der Waals surface area contributed by atoms with E-state index < -0.39 is 6.10 Å². The van der Waals surface area contributed by atoms with Crippen LogP contribution in [-0.2, 0) is 0 Å². The summed E-state index contributed by atoms with van der Waals surface area (Å²) in [4.78, 5) is 0. The Morgan fingerprint density at radius 3 is 2.53 bits per heavy atom. The first kappa shape index (κ1) is 12.1. The normalized spacial score (nSPS) is 14.7. The third kappa shape index (κ3) is 2.96. The SMILES string of the molecule is CCOc1ccccc1C(O)C(C)CC. The lowest BCUT2D eigenvalue weighted by Gasteiger charge is -2.20. The summed E-state index contributed by atoms with van der Waals surface area (Å²) in [5, 5.41) is 10.1. The molecule has 1 aromatic carbocycles. The number of hydrogen-bond donors (Lipinski definition) is 1. The molecule has 84 valence electrons. The minimum absolute atomic E-state index is 0.256. The maximum Gasteiger partial charge on any atom is 0.125 e. The van der Waals surface area contributed by atoms with Gasteiger partial charge in [0.05, 0.1) is 12.7 Å². The van der Waals surface area contributed by atoms with Gasteiger partial charge in [-0.3, -0.25) is 0 Å². The van der Waals surface area contributed by atoms with Crippen LogP contribution in [0.3, 0.4) is 0 Å². The summed E-state index contributed by atoms with van der Waals surface area (Å²) >= 11 is 0. The maximum absolute atomic E-state index is 10.1. The molecule has 0 saturated heterocycles. The molecular formula is C13H20O2. The van der Waals surface area contributed by atoms with Gasteiger partial charge in [-0.25, -0.2) is 0 Å². The third-order valence-corrected chi connectivity index (χ3v) is 2.72. The summed E-state index contributed by atoms with van der Waals surface area (Å²) in [6, 6.07) is 7.70. The fourth-order valence-electron chi connectivity index (χ4n) is 1.54. The number of para-hydroxylation sites is 1. The Bertz CT molecular complexity index is 296. The molecule has 0 aromatic heterocycles. The molecule has 0 aliphatic heterocycles. The van der Waals surface area contributed by atoms with Crippen molar-refractivity contribution in [1.82, 2.24) is 0 Å². The minimum Gasteiger partial charge on any atom is -0.493 e. The first-order valence-electron chi connectivity index (χ1n) is 5.60. The van der Waals surface area contributed by atoms with E-state index in [0.717, 1.165) is 17.7 Å². The van der Waals surface area contributed by atoms with Gasteiger partial charge in [0.2, 0.25) is 0 Å². The summed E-state index contributed by atoms with van der Waals surface area (Å²) in [5.74, 6) is 1.06. The Labute approximate surface area is 91.9 Å². The zero-order chi connectivity index (χ0) is 11.3. The average Bonchev–Trinajstić information content (AvgIpc) is 2.28. The molecule has 0 heterocycles. The number of benzene rings is 1. The van der Waals surface area contributed by atoms with E-state index in [-0.39, 0.29) is 5.92 Å². The van der Waals surface area contributed by atoms with Gasteiger partial charge in [0.15, 0.2) is 0 Å². The topological polar surface area (TPSA) is 29.5 Å². The minimum atomic E-state index is -0.433. The number of hydrogen-bond acceptors (Lipinski definition) is 2. The quantitative estimate of drug-likeness (QED) is 0.805. The van der Waals surface area contributed by atoms with Crippen LogP contribution in [0.5, 0.6) is 5.75 Å². The van der Waals surface area contributed by atoms with E-state index >= 15 is 0 Å². The van der Waals surface area contributed by atoms with Gasteiger partial charge in [-0.05, 0) is 18.9 Å². The van der Waals surface area contributed by atoms with Crippen molar-refractivity contribution in [3.63, 3.8) is 0 Å². The predicted molar refractivity (Wildman–Crippen MR) is 62.0 cm³/mol. The summed E-state index contributed by atoms with van der Waals surface area (Å²) in [6.45, 7) is 6.71.